The maximum atomic E-state index is 5.85. The van der Waals surface area contributed by atoms with Gasteiger partial charge in [-0.1, -0.05) is 0 Å². The molecule has 0 spiro atoms. The first kappa shape index (κ1) is 14.7. The van der Waals surface area contributed by atoms with Crippen molar-refractivity contribution in [2.24, 2.45) is 0 Å². The van der Waals surface area contributed by atoms with Crippen LogP contribution in [0, 0.1) is 0 Å². The fourth-order valence-electron chi connectivity index (χ4n) is 3.17. The zero-order valence-electron chi connectivity index (χ0n) is 13.3. The second kappa shape index (κ2) is 5.89. The predicted molar refractivity (Wildman–Crippen MR) is 83.3 cm³/mol. The third-order valence-corrected chi connectivity index (χ3v) is 4.28. The quantitative estimate of drug-likeness (QED) is 0.924. The first-order chi connectivity index (χ1) is 10.0. The van der Waals surface area contributed by atoms with E-state index in [1.165, 1.54) is 19.3 Å². The highest BCUT2D eigenvalue weighted by molar-refractivity contribution is 5.40. The first-order valence-corrected chi connectivity index (χ1v) is 7.99. The minimum Gasteiger partial charge on any atom is -0.374 e. The number of nitrogens with zero attached hydrogens (tertiary/aromatic N) is 3. The van der Waals surface area contributed by atoms with Gasteiger partial charge in [0, 0.05) is 18.6 Å². The number of fused-ring (bicyclic) bond motifs is 1. The lowest BCUT2D eigenvalue weighted by Crippen LogP contribution is -2.49. The molecule has 21 heavy (non-hydrogen) atoms. The SMILES string of the molecule is CC(C)(C)NCc1ccc(N2CCOC3CCCC32)nn1. The number of hydrogen-bond donors (Lipinski definition) is 1. The fourth-order valence-corrected chi connectivity index (χ4v) is 3.17. The van der Waals surface area contributed by atoms with Gasteiger partial charge in [-0.25, -0.2) is 0 Å². The lowest BCUT2D eigenvalue weighted by Gasteiger charge is -2.38. The summed E-state index contributed by atoms with van der Waals surface area (Å²) in [4.78, 5) is 2.38. The minimum atomic E-state index is 0.0988. The van der Waals surface area contributed by atoms with Crippen LogP contribution in [0.25, 0.3) is 0 Å². The molecule has 2 heterocycles. The molecule has 1 saturated carbocycles. The Morgan fingerprint density at radius 1 is 1.29 bits per heavy atom. The van der Waals surface area contributed by atoms with Crippen LogP contribution in [0.5, 0.6) is 0 Å². The van der Waals surface area contributed by atoms with Crippen LogP contribution in [0.15, 0.2) is 12.1 Å². The van der Waals surface area contributed by atoms with Crippen LogP contribution in [0.4, 0.5) is 5.82 Å². The highest BCUT2D eigenvalue weighted by Gasteiger charge is 2.36. The Morgan fingerprint density at radius 3 is 2.86 bits per heavy atom. The average molecular weight is 290 g/mol. The van der Waals surface area contributed by atoms with Crippen LogP contribution in [0.2, 0.25) is 0 Å². The average Bonchev–Trinajstić information content (AvgIpc) is 2.93. The van der Waals surface area contributed by atoms with Crippen LogP contribution < -0.4 is 10.2 Å². The van der Waals surface area contributed by atoms with E-state index < -0.39 is 0 Å². The third kappa shape index (κ3) is 3.52. The van der Waals surface area contributed by atoms with Gasteiger partial charge in [0.15, 0.2) is 5.82 Å². The van der Waals surface area contributed by atoms with Crippen molar-refractivity contribution in [3.05, 3.63) is 17.8 Å². The number of aromatic nitrogens is 2. The molecule has 1 aromatic rings. The number of rotatable bonds is 3. The van der Waals surface area contributed by atoms with Gasteiger partial charge in [-0.15, -0.1) is 5.10 Å². The van der Waals surface area contributed by atoms with Gasteiger partial charge in [0.1, 0.15) is 0 Å². The molecule has 0 aromatic carbocycles. The number of nitrogens with one attached hydrogen (secondary N) is 1. The van der Waals surface area contributed by atoms with E-state index in [2.05, 4.69) is 53.3 Å². The van der Waals surface area contributed by atoms with E-state index in [4.69, 9.17) is 4.74 Å². The summed E-state index contributed by atoms with van der Waals surface area (Å²) in [5.74, 6) is 0.995. The van der Waals surface area contributed by atoms with Crippen LogP contribution in [0.1, 0.15) is 45.7 Å². The zero-order chi connectivity index (χ0) is 14.9. The molecule has 116 valence electrons. The van der Waals surface area contributed by atoms with Crippen molar-refractivity contribution >= 4 is 5.82 Å². The highest BCUT2D eigenvalue weighted by Crippen LogP contribution is 2.31. The van der Waals surface area contributed by atoms with Gasteiger partial charge in [-0.2, -0.15) is 5.10 Å². The molecule has 0 amide bonds. The van der Waals surface area contributed by atoms with Gasteiger partial charge < -0.3 is 15.0 Å². The summed E-state index contributed by atoms with van der Waals surface area (Å²) in [5, 5.41) is 12.3. The van der Waals surface area contributed by atoms with E-state index in [1.54, 1.807) is 0 Å². The summed E-state index contributed by atoms with van der Waals surface area (Å²) in [6, 6.07) is 4.68. The van der Waals surface area contributed by atoms with Crippen molar-refractivity contribution in [3.63, 3.8) is 0 Å². The van der Waals surface area contributed by atoms with Crippen LogP contribution >= 0.6 is 0 Å². The van der Waals surface area contributed by atoms with Gasteiger partial charge in [0.25, 0.3) is 0 Å². The van der Waals surface area contributed by atoms with Gasteiger partial charge in [-0.05, 0) is 52.2 Å². The summed E-state index contributed by atoms with van der Waals surface area (Å²) in [6.07, 6.45) is 4.04. The normalized spacial score (nSPS) is 26.0. The molecular weight excluding hydrogens is 264 g/mol. The maximum Gasteiger partial charge on any atom is 0.151 e. The molecule has 1 aliphatic heterocycles. The van der Waals surface area contributed by atoms with E-state index >= 15 is 0 Å². The van der Waals surface area contributed by atoms with E-state index in [1.807, 2.05) is 0 Å². The van der Waals surface area contributed by atoms with Crippen molar-refractivity contribution in [1.82, 2.24) is 15.5 Å². The second-order valence-electron chi connectivity index (χ2n) is 7.09. The smallest absolute Gasteiger partial charge is 0.151 e. The Balaban J connectivity index is 1.66. The van der Waals surface area contributed by atoms with Gasteiger partial charge >= 0.3 is 0 Å². The molecule has 1 aromatic heterocycles. The summed E-state index contributed by atoms with van der Waals surface area (Å²) in [6.45, 7) is 8.95. The largest absolute Gasteiger partial charge is 0.374 e. The van der Waals surface area contributed by atoms with Crippen molar-refractivity contribution < 1.29 is 4.74 Å². The number of hydrogen-bond acceptors (Lipinski definition) is 5. The molecule has 2 fully saturated rings. The number of anilines is 1. The first-order valence-electron chi connectivity index (χ1n) is 7.99. The molecule has 5 nitrogen and oxygen atoms in total. The Morgan fingerprint density at radius 2 is 2.14 bits per heavy atom. The number of morpholine rings is 1. The molecule has 0 bridgehead atoms. The summed E-state index contributed by atoms with van der Waals surface area (Å²) >= 11 is 0. The van der Waals surface area contributed by atoms with E-state index in [0.29, 0.717) is 12.1 Å². The maximum absolute atomic E-state index is 5.85. The van der Waals surface area contributed by atoms with Gasteiger partial charge in [0.05, 0.1) is 24.4 Å². The van der Waals surface area contributed by atoms with E-state index in [0.717, 1.165) is 31.2 Å². The molecular formula is C16H26N4O. The lowest BCUT2D eigenvalue weighted by molar-refractivity contribution is 0.0252. The molecule has 1 aliphatic carbocycles. The van der Waals surface area contributed by atoms with Crippen molar-refractivity contribution in [2.75, 3.05) is 18.1 Å². The van der Waals surface area contributed by atoms with Gasteiger partial charge in [-0.3, -0.25) is 0 Å². The van der Waals surface area contributed by atoms with E-state index in [-0.39, 0.29) is 5.54 Å². The molecule has 2 unspecified atom stereocenters. The Labute approximate surface area is 127 Å². The zero-order valence-corrected chi connectivity index (χ0v) is 13.3. The van der Waals surface area contributed by atoms with Crippen LogP contribution in [0.3, 0.4) is 0 Å². The third-order valence-electron chi connectivity index (χ3n) is 4.28. The number of ether oxygens (including phenoxy) is 1. The van der Waals surface area contributed by atoms with Gasteiger partial charge in [0.2, 0.25) is 0 Å². The summed E-state index contributed by atoms with van der Waals surface area (Å²) < 4.78 is 5.85. The molecule has 1 N–H and O–H groups in total. The van der Waals surface area contributed by atoms with E-state index in [9.17, 15) is 0 Å². The Bertz CT molecular complexity index is 468. The summed E-state index contributed by atoms with van der Waals surface area (Å²) in [5.41, 5.74) is 1.09. The van der Waals surface area contributed by atoms with Crippen molar-refractivity contribution in [3.8, 4) is 0 Å². The molecule has 2 aliphatic rings. The standard InChI is InChI=1S/C16H26N4O/c1-16(2,3)17-11-12-7-8-15(19-18-12)20-9-10-21-14-6-4-5-13(14)20/h7-8,13-14,17H,4-6,9-11H2,1-3H3. The predicted octanol–water partition coefficient (Wildman–Crippen LogP) is 2.12. The molecule has 5 heteroatoms. The minimum absolute atomic E-state index is 0.0988. The lowest BCUT2D eigenvalue weighted by atomic mass is 10.1. The van der Waals surface area contributed by atoms with Crippen molar-refractivity contribution in [2.45, 2.75) is 64.3 Å². The molecule has 1 saturated heterocycles. The molecule has 2 atom stereocenters. The Kier molecular flexibility index (Phi) is 4.13. The Hall–Kier alpha value is -1.20. The fraction of sp³-hybridized carbons (Fsp3) is 0.750. The highest BCUT2D eigenvalue weighted by atomic mass is 16.5. The van der Waals surface area contributed by atoms with Crippen LogP contribution in [-0.4, -0.2) is 41.0 Å². The van der Waals surface area contributed by atoms with Crippen LogP contribution in [-0.2, 0) is 11.3 Å². The molecule has 0 radical (unpaired) electrons. The topological polar surface area (TPSA) is 50.3 Å². The van der Waals surface area contributed by atoms with Crippen molar-refractivity contribution in [1.29, 1.82) is 0 Å². The monoisotopic (exact) mass is 290 g/mol. The second-order valence-corrected chi connectivity index (χ2v) is 7.09. The molecule has 3 rings (SSSR count). The summed E-state index contributed by atoms with van der Waals surface area (Å²) in [7, 11) is 0.